The highest BCUT2D eigenvalue weighted by Crippen LogP contribution is 2.43. The van der Waals surface area contributed by atoms with E-state index in [9.17, 15) is 4.39 Å². The summed E-state index contributed by atoms with van der Waals surface area (Å²) in [6.45, 7) is 2.35. The van der Waals surface area contributed by atoms with Gasteiger partial charge in [0.05, 0.1) is 0 Å². The molecule has 1 saturated carbocycles. The summed E-state index contributed by atoms with van der Waals surface area (Å²) in [5.74, 6) is 2.59. The van der Waals surface area contributed by atoms with Gasteiger partial charge in [-0.15, -0.1) is 0 Å². The van der Waals surface area contributed by atoms with Crippen molar-refractivity contribution in [2.24, 2.45) is 11.8 Å². The van der Waals surface area contributed by atoms with E-state index < -0.39 is 0 Å². The molecule has 2 fully saturated rings. The first-order valence-corrected chi connectivity index (χ1v) is 11.5. The molecule has 0 unspecified atom stereocenters. The van der Waals surface area contributed by atoms with Gasteiger partial charge < -0.3 is 0 Å². The summed E-state index contributed by atoms with van der Waals surface area (Å²) in [6, 6.07) is 12.0. The molecule has 0 bridgehead atoms. The molecular weight excluding hydrogens is 287 g/mol. The Balaban J connectivity index is 1.47. The number of rotatable bonds is 4. The molecule has 1 radical (unpaired) electrons. The predicted molar refractivity (Wildman–Crippen MR) is 94.3 cm³/mol. The Labute approximate surface area is 137 Å². The SMILES string of the molecule is CCC[Si]1CCC(C2CCC(c3ccc(F)cc3)CC2)CC1. The summed E-state index contributed by atoms with van der Waals surface area (Å²) >= 11 is 0. The lowest BCUT2D eigenvalue weighted by Crippen LogP contribution is -2.28. The highest BCUT2D eigenvalue weighted by molar-refractivity contribution is 6.58. The van der Waals surface area contributed by atoms with Crippen molar-refractivity contribution < 1.29 is 4.39 Å². The lowest BCUT2D eigenvalue weighted by Gasteiger charge is -2.37. The van der Waals surface area contributed by atoms with Gasteiger partial charge in [-0.3, -0.25) is 0 Å². The number of halogens is 1. The van der Waals surface area contributed by atoms with Crippen molar-refractivity contribution in [3.05, 3.63) is 35.6 Å². The number of hydrogen-bond acceptors (Lipinski definition) is 0. The van der Waals surface area contributed by atoms with E-state index in [-0.39, 0.29) is 14.6 Å². The van der Waals surface area contributed by atoms with E-state index in [0.29, 0.717) is 5.92 Å². The van der Waals surface area contributed by atoms with Crippen LogP contribution in [0.3, 0.4) is 0 Å². The second-order valence-corrected chi connectivity index (χ2v) is 10.5. The molecule has 121 valence electrons. The van der Waals surface area contributed by atoms with E-state index in [2.05, 4.69) is 6.92 Å². The third kappa shape index (κ3) is 4.01. The molecule has 2 aliphatic rings. The quantitative estimate of drug-likeness (QED) is 0.562. The van der Waals surface area contributed by atoms with Crippen LogP contribution < -0.4 is 0 Å². The molecule has 0 aromatic heterocycles. The van der Waals surface area contributed by atoms with Crippen molar-refractivity contribution >= 4 is 8.80 Å². The van der Waals surface area contributed by atoms with Gasteiger partial charge in [-0.2, -0.15) is 0 Å². The zero-order valence-corrected chi connectivity index (χ0v) is 15.0. The molecule has 1 aromatic carbocycles. The molecule has 1 aliphatic heterocycles. The third-order valence-corrected chi connectivity index (χ3v) is 9.32. The predicted octanol–water partition coefficient (Wildman–Crippen LogP) is 6.41. The minimum Gasteiger partial charge on any atom is -0.207 e. The molecule has 1 saturated heterocycles. The molecule has 3 rings (SSSR count). The van der Waals surface area contributed by atoms with Crippen LogP contribution in [0.5, 0.6) is 0 Å². The first kappa shape index (κ1) is 16.2. The van der Waals surface area contributed by atoms with Crippen molar-refractivity contribution in [3.8, 4) is 0 Å². The first-order valence-electron chi connectivity index (χ1n) is 9.35. The summed E-state index contributed by atoms with van der Waals surface area (Å²) in [4.78, 5) is 0. The van der Waals surface area contributed by atoms with Crippen molar-refractivity contribution in [1.29, 1.82) is 0 Å². The molecule has 22 heavy (non-hydrogen) atoms. The standard InChI is InChI=1S/C20H30FSi/c1-2-13-22-14-11-19(12-15-22)17-5-3-16(4-6-17)18-7-9-20(21)10-8-18/h7-10,16-17,19H,2-6,11-15H2,1H3. The fourth-order valence-electron chi connectivity index (χ4n) is 4.78. The molecule has 2 heteroatoms. The Bertz CT molecular complexity index is 439. The zero-order valence-electron chi connectivity index (χ0n) is 14.0. The maximum atomic E-state index is 13.0. The molecule has 0 amide bonds. The number of benzene rings is 1. The average molecular weight is 318 g/mol. The molecular formula is C20H30FSi. The van der Waals surface area contributed by atoms with Crippen LogP contribution in [0, 0.1) is 17.7 Å². The maximum Gasteiger partial charge on any atom is 0.123 e. The summed E-state index contributed by atoms with van der Waals surface area (Å²) in [7, 11) is 0.0381. The van der Waals surface area contributed by atoms with Crippen LogP contribution in [-0.2, 0) is 0 Å². The largest absolute Gasteiger partial charge is 0.207 e. The van der Waals surface area contributed by atoms with Gasteiger partial charge in [0, 0.05) is 8.80 Å². The topological polar surface area (TPSA) is 0 Å². The Kier molecular flexibility index (Phi) is 5.73. The van der Waals surface area contributed by atoms with E-state index >= 15 is 0 Å². The van der Waals surface area contributed by atoms with Crippen molar-refractivity contribution in [2.75, 3.05) is 0 Å². The smallest absolute Gasteiger partial charge is 0.123 e. The molecule has 1 aliphatic carbocycles. The van der Waals surface area contributed by atoms with E-state index in [1.165, 1.54) is 50.5 Å². The van der Waals surface area contributed by atoms with Gasteiger partial charge in [0.2, 0.25) is 0 Å². The Morgan fingerprint density at radius 2 is 1.50 bits per heavy atom. The van der Waals surface area contributed by atoms with Gasteiger partial charge in [0.25, 0.3) is 0 Å². The van der Waals surface area contributed by atoms with Crippen LogP contribution in [-0.4, -0.2) is 8.80 Å². The van der Waals surface area contributed by atoms with Crippen molar-refractivity contribution in [2.45, 2.75) is 75.9 Å². The van der Waals surface area contributed by atoms with Crippen LogP contribution in [0.1, 0.15) is 63.4 Å². The van der Waals surface area contributed by atoms with E-state index in [4.69, 9.17) is 0 Å². The minimum atomic E-state index is -0.107. The molecule has 1 heterocycles. The maximum absolute atomic E-state index is 13.0. The van der Waals surface area contributed by atoms with Gasteiger partial charge >= 0.3 is 0 Å². The highest BCUT2D eigenvalue weighted by Gasteiger charge is 2.31. The van der Waals surface area contributed by atoms with Gasteiger partial charge in [-0.1, -0.05) is 56.5 Å². The normalized spacial score (nSPS) is 27.9. The van der Waals surface area contributed by atoms with Crippen LogP contribution >= 0.6 is 0 Å². The summed E-state index contributed by atoms with van der Waals surface area (Å²) < 4.78 is 13.0. The van der Waals surface area contributed by atoms with Crippen LogP contribution in [0.15, 0.2) is 24.3 Å². The third-order valence-electron chi connectivity index (χ3n) is 6.12. The second kappa shape index (κ2) is 7.76. The second-order valence-electron chi connectivity index (χ2n) is 7.50. The van der Waals surface area contributed by atoms with Crippen molar-refractivity contribution in [3.63, 3.8) is 0 Å². The fourth-order valence-corrected chi connectivity index (χ4v) is 7.80. The zero-order chi connectivity index (χ0) is 15.4. The highest BCUT2D eigenvalue weighted by atomic mass is 28.3. The fraction of sp³-hybridized carbons (Fsp3) is 0.700. The molecule has 0 spiro atoms. The van der Waals surface area contributed by atoms with Gasteiger partial charge in [0.1, 0.15) is 5.82 Å². The summed E-state index contributed by atoms with van der Waals surface area (Å²) in [5.41, 5.74) is 1.36. The molecule has 0 atom stereocenters. The van der Waals surface area contributed by atoms with E-state index in [1.807, 2.05) is 12.1 Å². The number of hydrogen-bond donors (Lipinski definition) is 0. The lowest BCUT2D eigenvalue weighted by molar-refractivity contribution is 0.216. The van der Waals surface area contributed by atoms with E-state index in [1.54, 1.807) is 30.3 Å². The average Bonchev–Trinajstić information content (AvgIpc) is 2.57. The lowest BCUT2D eigenvalue weighted by atomic mass is 9.72. The van der Waals surface area contributed by atoms with Crippen LogP contribution in [0.2, 0.25) is 18.1 Å². The molecule has 1 aromatic rings. The molecule has 0 nitrogen and oxygen atoms in total. The minimum absolute atomic E-state index is 0.0381. The molecule has 0 N–H and O–H groups in total. The summed E-state index contributed by atoms with van der Waals surface area (Å²) in [6.07, 6.45) is 9.91. The summed E-state index contributed by atoms with van der Waals surface area (Å²) in [5, 5.41) is 0. The van der Waals surface area contributed by atoms with Crippen molar-refractivity contribution in [1.82, 2.24) is 0 Å². The van der Waals surface area contributed by atoms with Crippen LogP contribution in [0.25, 0.3) is 0 Å². The van der Waals surface area contributed by atoms with Gasteiger partial charge in [-0.05, 0) is 61.1 Å². The monoisotopic (exact) mass is 317 g/mol. The first-order chi connectivity index (χ1) is 10.8. The van der Waals surface area contributed by atoms with E-state index in [0.717, 1.165) is 11.8 Å². The van der Waals surface area contributed by atoms with Gasteiger partial charge in [-0.25, -0.2) is 4.39 Å². The Morgan fingerprint density at radius 1 is 0.909 bits per heavy atom. The van der Waals surface area contributed by atoms with Crippen LogP contribution in [0.4, 0.5) is 4.39 Å². The Hall–Kier alpha value is -0.633. The Morgan fingerprint density at radius 3 is 2.09 bits per heavy atom. The van der Waals surface area contributed by atoms with Gasteiger partial charge in [0.15, 0.2) is 0 Å².